The zero-order chi connectivity index (χ0) is 22.2. The van der Waals surface area contributed by atoms with Gasteiger partial charge in [-0.1, -0.05) is 33.8 Å². The van der Waals surface area contributed by atoms with Gasteiger partial charge in [0.2, 0.25) is 8.32 Å². The SMILES string of the molecule is CC(C)(C)[Si](C)(C)Oc1ccc2c(c1)[C@@H](O)C[C@@H]1[C@@H]2CC[C@@]2(C)[C@H]1CCC21OCCO1. The van der Waals surface area contributed by atoms with E-state index in [0.717, 1.165) is 56.6 Å². The first-order valence-electron chi connectivity index (χ1n) is 12.3. The third kappa shape index (κ3) is 3.18. The van der Waals surface area contributed by atoms with Crippen LogP contribution in [0.5, 0.6) is 5.75 Å². The maximum Gasteiger partial charge on any atom is 0.250 e. The smallest absolute Gasteiger partial charge is 0.250 e. The highest BCUT2D eigenvalue weighted by Crippen LogP contribution is 2.67. The molecule has 0 radical (unpaired) electrons. The number of benzene rings is 1. The second kappa shape index (κ2) is 7.06. The quantitative estimate of drug-likeness (QED) is 0.555. The van der Waals surface area contributed by atoms with Crippen LogP contribution in [-0.2, 0) is 9.47 Å². The lowest BCUT2D eigenvalue weighted by molar-refractivity contribution is -0.237. The van der Waals surface area contributed by atoms with Gasteiger partial charge in [0.1, 0.15) is 5.75 Å². The third-order valence-electron chi connectivity index (χ3n) is 9.73. The zero-order valence-electron chi connectivity index (χ0n) is 20.2. The molecule has 172 valence electrons. The first kappa shape index (κ1) is 21.9. The second-order valence-corrected chi connectivity index (χ2v) is 17.0. The van der Waals surface area contributed by atoms with E-state index in [2.05, 4.69) is 59.0 Å². The van der Waals surface area contributed by atoms with Crippen LogP contribution < -0.4 is 4.43 Å². The molecule has 4 nitrogen and oxygen atoms in total. The van der Waals surface area contributed by atoms with Gasteiger partial charge in [0, 0.05) is 11.8 Å². The van der Waals surface area contributed by atoms with Gasteiger partial charge < -0.3 is 19.0 Å². The van der Waals surface area contributed by atoms with E-state index in [-0.39, 0.29) is 16.2 Å². The maximum absolute atomic E-state index is 11.2. The molecule has 0 aromatic heterocycles. The van der Waals surface area contributed by atoms with E-state index >= 15 is 0 Å². The van der Waals surface area contributed by atoms with Crippen LogP contribution in [0.3, 0.4) is 0 Å². The Morgan fingerprint density at radius 2 is 1.77 bits per heavy atom. The monoisotopic (exact) mass is 444 g/mol. The molecular weight excluding hydrogens is 404 g/mol. The van der Waals surface area contributed by atoms with Crippen molar-refractivity contribution in [2.24, 2.45) is 17.3 Å². The Morgan fingerprint density at radius 3 is 2.45 bits per heavy atom. The van der Waals surface area contributed by atoms with Crippen molar-refractivity contribution in [1.82, 2.24) is 0 Å². The van der Waals surface area contributed by atoms with E-state index in [1.807, 2.05) is 0 Å². The fraction of sp³-hybridized carbons (Fsp3) is 0.769. The van der Waals surface area contributed by atoms with Gasteiger partial charge in [0.15, 0.2) is 5.79 Å². The summed E-state index contributed by atoms with van der Waals surface area (Å²) in [5, 5.41) is 11.4. The molecule has 5 heteroatoms. The number of rotatable bonds is 2. The molecule has 1 heterocycles. The van der Waals surface area contributed by atoms with Crippen LogP contribution in [0.15, 0.2) is 18.2 Å². The predicted molar refractivity (Wildman–Crippen MR) is 125 cm³/mol. The molecule has 0 amide bonds. The molecule has 3 fully saturated rings. The molecule has 0 bridgehead atoms. The van der Waals surface area contributed by atoms with Crippen molar-refractivity contribution >= 4 is 8.32 Å². The zero-order valence-corrected chi connectivity index (χ0v) is 21.2. The fourth-order valence-corrected chi connectivity index (χ4v) is 7.99. The summed E-state index contributed by atoms with van der Waals surface area (Å²) in [5.74, 6) is 2.12. The lowest BCUT2D eigenvalue weighted by Gasteiger charge is -2.53. The summed E-state index contributed by atoms with van der Waals surface area (Å²) in [6.07, 6.45) is 4.86. The van der Waals surface area contributed by atoms with Crippen LogP contribution in [0.1, 0.15) is 82.9 Å². The van der Waals surface area contributed by atoms with Crippen molar-refractivity contribution in [2.75, 3.05) is 13.2 Å². The van der Waals surface area contributed by atoms with Crippen molar-refractivity contribution < 1.29 is 19.0 Å². The average molecular weight is 445 g/mol. The lowest BCUT2D eigenvalue weighted by Crippen LogP contribution is -2.51. The Kier molecular flexibility index (Phi) is 4.99. The van der Waals surface area contributed by atoms with Crippen LogP contribution in [0.2, 0.25) is 18.1 Å². The van der Waals surface area contributed by atoms with E-state index in [0.29, 0.717) is 17.8 Å². The molecule has 5 atom stereocenters. The maximum atomic E-state index is 11.2. The summed E-state index contributed by atoms with van der Waals surface area (Å²) in [5.41, 5.74) is 2.51. The number of hydrogen-bond donors (Lipinski definition) is 1. The van der Waals surface area contributed by atoms with Gasteiger partial charge in [-0.05, 0) is 84.8 Å². The van der Waals surface area contributed by atoms with Crippen molar-refractivity contribution in [1.29, 1.82) is 0 Å². The summed E-state index contributed by atoms with van der Waals surface area (Å²) in [6.45, 7) is 15.2. The van der Waals surface area contributed by atoms with E-state index in [4.69, 9.17) is 13.9 Å². The van der Waals surface area contributed by atoms with E-state index in [9.17, 15) is 5.11 Å². The Bertz CT molecular complexity index is 853. The molecule has 1 N–H and O–H groups in total. The molecule has 31 heavy (non-hydrogen) atoms. The summed E-state index contributed by atoms with van der Waals surface area (Å²) < 4.78 is 19.0. The molecule has 1 aliphatic heterocycles. The number of aliphatic hydroxyl groups excluding tert-OH is 1. The van der Waals surface area contributed by atoms with Crippen LogP contribution >= 0.6 is 0 Å². The Morgan fingerprint density at radius 1 is 1.06 bits per heavy atom. The molecule has 1 aromatic carbocycles. The number of aliphatic hydroxyl groups is 1. The third-order valence-corrected chi connectivity index (χ3v) is 14.1. The second-order valence-electron chi connectivity index (χ2n) is 12.2. The topological polar surface area (TPSA) is 47.9 Å². The van der Waals surface area contributed by atoms with Gasteiger partial charge in [0.25, 0.3) is 0 Å². The Labute approximate surface area is 188 Å². The van der Waals surface area contributed by atoms with Gasteiger partial charge in [-0.25, -0.2) is 0 Å². The summed E-state index contributed by atoms with van der Waals surface area (Å²) in [4.78, 5) is 0. The summed E-state index contributed by atoms with van der Waals surface area (Å²) >= 11 is 0. The van der Waals surface area contributed by atoms with Gasteiger partial charge in [-0.2, -0.15) is 0 Å². The summed E-state index contributed by atoms with van der Waals surface area (Å²) in [6, 6.07) is 6.55. The molecule has 1 spiro atoms. The first-order chi connectivity index (χ1) is 14.5. The van der Waals surface area contributed by atoms with Crippen molar-refractivity contribution in [2.45, 2.75) is 95.7 Å². The highest BCUT2D eigenvalue weighted by molar-refractivity contribution is 6.74. The molecular formula is C26H40O4Si. The molecule has 1 aromatic rings. The first-order valence-corrected chi connectivity index (χ1v) is 15.2. The van der Waals surface area contributed by atoms with Gasteiger partial charge in [0.05, 0.1) is 19.3 Å². The largest absolute Gasteiger partial charge is 0.543 e. The van der Waals surface area contributed by atoms with Gasteiger partial charge in [-0.15, -0.1) is 0 Å². The van der Waals surface area contributed by atoms with Gasteiger partial charge in [-0.3, -0.25) is 0 Å². The molecule has 2 saturated carbocycles. The van der Waals surface area contributed by atoms with Crippen molar-refractivity contribution in [3.05, 3.63) is 29.3 Å². The van der Waals surface area contributed by atoms with Crippen LogP contribution in [0.25, 0.3) is 0 Å². The van der Waals surface area contributed by atoms with E-state index < -0.39 is 14.4 Å². The number of hydrogen-bond acceptors (Lipinski definition) is 4. The van der Waals surface area contributed by atoms with Crippen molar-refractivity contribution in [3.8, 4) is 5.75 Å². The minimum atomic E-state index is -1.90. The molecule has 4 aliphatic rings. The minimum absolute atomic E-state index is 0.0628. The van der Waals surface area contributed by atoms with Crippen molar-refractivity contribution in [3.63, 3.8) is 0 Å². The van der Waals surface area contributed by atoms with Crippen LogP contribution in [0, 0.1) is 17.3 Å². The molecule has 3 aliphatic carbocycles. The highest BCUT2D eigenvalue weighted by atomic mass is 28.4. The highest BCUT2D eigenvalue weighted by Gasteiger charge is 2.65. The fourth-order valence-electron chi connectivity index (χ4n) is 6.96. The number of ether oxygens (including phenoxy) is 2. The normalized spacial score (nSPS) is 36.7. The lowest BCUT2D eigenvalue weighted by atomic mass is 9.54. The predicted octanol–water partition coefficient (Wildman–Crippen LogP) is 6.16. The van der Waals surface area contributed by atoms with Crippen LogP contribution in [-0.4, -0.2) is 32.4 Å². The van der Waals surface area contributed by atoms with Crippen LogP contribution in [0.4, 0.5) is 0 Å². The molecule has 0 unspecified atom stereocenters. The van der Waals surface area contributed by atoms with E-state index in [1.165, 1.54) is 5.56 Å². The Hall–Kier alpha value is -0.883. The standard InChI is InChI=1S/C26H40O4Si/c1-24(2,3)31(5,6)30-17-7-8-18-19-9-11-25(4)22(10-12-26(25)28-13-14-29-26)20(19)16-23(27)21(18)15-17/h7-8,15,19-20,22-23,27H,9-14,16H2,1-6H3/t19-,20-,22+,23+,25+/m1/s1. The molecule has 5 rings (SSSR count). The summed E-state index contributed by atoms with van der Waals surface area (Å²) in [7, 11) is -1.90. The Balaban J connectivity index is 1.43. The number of fused-ring (bicyclic) bond motifs is 6. The molecule has 1 saturated heterocycles. The minimum Gasteiger partial charge on any atom is -0.543 e. The van der Waals surface area contributed by atoms with Gasteiger partial charge >= 0.3 is 0 Å². The average Bonchev–Trinajstić information content (AvgIpc) is 3.27. The van der Waals surface area contributed by atoms with E-state index in [1.54, 1.807) is 0 Å².